The highest BCUT2D eigenvalue weighted by Gasteiger charge is 2.22. The summed E-state index contributed by atoms with van der Waals surface area (Å²) < 4.78 is 5.93. The zero-order chi connectivity index (χ0) is 24.2. The molecule has 5 rings (SSSR count). The van der Waals surface area contributed by atoms with Gasteiger partial charge in [-0.1, -0.05) is 24.3 Å². The molecule has 0 radical (unpaired) electrons. The lowest BCUT2D eigenvalue weighted by Gasteiger charge is -2.34. The number of benzene rings is 2. The Morgan fingerprint density at radius 3 is 2.66 bits per heavy atom. The molecule has 0 unspecified atom stereocenters. The Morgan fingerprint density at radius 2 is 1.89 bits per heavy atom. The molecule has 0 saturated carbocycles. The van der Waals surface area contributed by atoms with Gasteiger partial charge in [0, 0.05) is 43.9 Å². The van der Waals surface area contributed by atoms with Crippen molar-refractivity contribution in [3.8, 4) is 17.3 Å². The third-order valence-corrected chi connectivity index (χ3v) is 6.33. The van der Waals surface area contributed by atoms with Gasteiger partial charge in [0.2, 0.25) is 0 Å². The maximum absolute atomic E-state index is 12.6. The number of aromatic amines is 1. The summed E-state index contributed by atoms with van der Waals surface area (Å²) in [6, 6.07) is 17.3. The van der Waals surface area contributed by atoms with E-state index >= 15 is 0 Å². The van der Waals surface area contributed by atoms with Crippen LogP contribution in [0.5, 0.6) is 5.75 Å². The molecule has 0 atom stereocenters. The molecule has 1 aliphatic heterocycles. The molecule has 0 aliphatic carbocycles. The van der Waals surface area contributed by atoms with Crippen molar-refractivity contribution in [2.24, 2.45) is 0 Å². The lowest BCUT2D eigenvalue weighted by atomic mass is 10.2. The smallest absolute Gasteiger partial charge is 0.253 e. The summed E-state index contributed by atoms with van der Waals surface area (Å²) in [5.74, 6) is 1.33. The first kappa shape index (κ1) is 23.0. The molecule has 0 bridgehead atoms. The van der Waals surface area contributed by atoms with Crippen LogP contribution in [0.15, 0.2) is 60.8 Å². The van der Waals surface area contributed by atoms with E-state index in [9.17, 15) is 9.90 Å². The first-order valence-electron chi connectivity index (χ1n) is 11.9. The monoisotopic (exact) mass is 471 g/mol. The summed E-state index contributed by atoms with van der Waals surface area (Å²) in [5.41, 5.74) is 4.95. The number of aryl methyl sites for hydroxylation is 1. The van der Waals surface area contributed by atoms with Crippen molar-refractivity contribution in [1.82, 2.24) is 24.8 Å². The normalized spacial score (nSPS) is 14.4. The number of amides is 1. The molecule has 1 aliphatic rings. The summed E-state index contributed by atoms with van der Waals surface area (Å²) in [4.78, 5) is 29.3. The van der Waals surface area contributed by atoms with Gasteiger partial charge in [0.1, 0.15) is 18.1 Å². The number of aromatic nitrogens is 3. The number of nitrogens with one attached hydrogen (secondary N) is 1. The van der Waals surface area contributed by atoms with Gasteiger partial charge in [-0.3, -0.25) is 9.69 Å². The minimum absolute atomic E-state index is 0.0868. The van der Waals surface area contributed by atoms with Gasteiger partial charge in [-0.25, -0.2) is 9.97 Å². The molecule has 0 spiro atoms. The second kappa shape index (κ2) is 10.2. The van der Waals surface area contributed by atoms with E-state index in [2.05, 4.69) is 19.9 Å². The molecule has 1 amide bonds. The van der Waals surface area contributed by atoms with E-state index < -0.39 is 0 Å². The van der Waals surface area contributed by atoms with Gasteiger partial charge >= 0.3 is 0 Å². The van der Waals surface area contributed by atoms with Gasteiger partial charge in [0.25, 0.3) is 5.91 Å². The van der Waals surface area contributed by atoms with E-state index in [0.29, 0.717) is 42.5 Å². The van der Waals surface area contributed by atoms with E-state index in [0.717, 1.165) is 41.8 Å². The highest BCUT2D eigenvalue weighted by Crippen LogP contribution is 2.25. The van der Waals surface area contributed by atoms with Gasteiger partial charge in [-0.15, -0.1) is 0 Å². The number of carbonyl (C=O) groups excluding carboxylic acids is 1. The number of nitrogens with zero attached hydrogens (tertiary/aromatic N) is 4. The summed E-state index contributed by atoms with van der Waals surface area (Å²) >= 11 is 0. The molecule has 3 heterocycles. The van der Waals surface area contributed by atoms with Crippen LogP contribution in [0.3, 0.4) is 0 Å². The zero-order valence-corrected chi connectivity index (χ0v) is 19.8. The number of piperazine rings is 1. The molecular formula is C27H29N5O3. The molecule has 4 aromatic rings. The predicted molar refractivity (Wildman–Crippen MR) is 134 cm³/mol. The number of aliphatic hydroxyl groups excluding tert-OH is 1. The number of aliphatic hydroxyl groups is 1. The van der Waals surface area contributed by atoms with Crippen LogP contribution >= 0.6 is 0 Å². The van der Waals surface area contributed by atoms with Crippen LogP contribution in [-0.4, -0.2) is 75.1 Å². The number of carbonyl (C=O) groups is 1. The summed E-state index contributed by atoms with van der Waals surface area (Å²) in [6.45, 7) is 6.16. The van der Waals surface area contributed by atoms with Crippen LogP contribution in [0, 0.1) is 6.92 Å². The van der Waals surface area contributed by atoms with E-state index in [1.54, 1.807) is 6.20 Å². The van der Waals surface area contributed by atoms with Crippen LogP contribution in [0.4, 0.5) is 0 Å². The van der Waals surface area contributed by atoms with Crippen molar-refractivity contribution in [2.45, 2.75) is 13.5 Å². The van der Waals surface area contributed by atoms with Gasteiger partial charge in [-0.05, 0) is 42.8 Å². The Labute approximate surface area is 204 Å². The van der Waals surface area contributed by atoms with Crippen LogP contribution in [0.25, 0.3) is 22.6 Å². The third kappa shape index (κ3) is 5.18. The molecule has 2 aromatic heterocycles. The van der Waals surface area contributed by atoms with Gasteiger partial charge in [0.05, 0.1) is 23.8 Å². The Bertz CT molecular complexity index is 1310. The fraction of sp³-hybridized carbons (Fsp3) is 0.296. The SMILES string of the molecule is Cc1ccc2[nH]c(-c3ncc(OCCN4CCN(C(=O)c5ccccc5)CC4)cc3CO)nc2c1. The molecule has 180 valence electrons. The van der Waals surface area contributed by atoms with Gasteiger partial charge in [0.15, 0.2) is 5.82 Å². The molecular weight excluding hydrogens is 442 g/mol. The first-order valence-corrected chi connectivity index (χ1v) is 11.9. The second-order valence-electron chi connectivity index (χ2n) is 8.79. The number of H-pyrrole nitrogens is 1. The average molecular weight is 472 g/mol. The Hall–Kier alpha value is -3.75. The van der Waals surface area contributed by atoms with Crippen LogP contribution in [-0.2, 0) is 6.61 Å². The van der Waals surface area contributed by atoms with E-state index in [-0.39, 0.29) is 12.5 Å². The van der Waals surface area contributed by atoms with Crippen LogP contribution < -0.4 is 4.74 Å². The Kier molecular flexibility index (Phi) is 6.74. The Balaban J connectivity index is 1.15. The van der Waals surface area contributed by atoms with Crippen LogP contribution in [0.1, 0.15) is 21.5 Å². The lowest BCUT2D eigenvalue weighted by molar-refractivity contribution is 0.0620. The first-order chi connectivity index (χ1) is 17.1. The van der Waals surface area contributed by atoms with Crippen molar-refractivity contribution < 1.29 is 14.6 Å². The zero-order valence-electron chi connectivity index (χ0n) is 19.8. The quantitative estimate of drug-likeness (QED) is 0.430. The third-order valence-electron chi connectivity index (χ3n) is 6.33. The number of ether oxygens (including phenoxy) is 1. The predicted octanol–water partition coefficient (Wildman–Crippen LogP) is 3.26. The maximum Gasteiger partial charge on any atom is 0.253 e. The topological polar surface area (TPSA) is 94.6 Å². The average Bonchev–Trinajstić information content (AvgIpc) is 3.32. The molecule has 1 fully saturated rings. The fourth-order valence-corrected chi connectivity index (χ4v) is 4.36. The summed E-state index contributed by atoms with van der Waals surface area (Å²) in [7, 11) is 0. The van der Waals surface area contributed by atoms with E-state index in [1.165, 1.54) is 0 Å². The Morgan fingerprint density at radius 1 is 1.09 bits per heavy atom. The highest BCUT2D eigenvalue weighted by atomic mass is 16.5. The van der Waals surface area contributed by atoms with Crippen molar-refractivity contribution in [3.05, 3.63) is 77.5 Å². The van der Waals surface area contributed by atoms with Gasteiger partial charge < -0.3 is 19.7 Å². The highest BCUT2D eigenvalue weighted by molar-refractivity contribution is 5.94. The standard InChI is InChI=1S/C27H29N5O3/c1-19-7-8-23-24(15-19)30-26(29-23)25-21(18-33)16-22(17-28-25)35-14-13-31-9-11-32(12-10-31)27(34)20-5-3-2-4-6-20/h2-8,15-17,33H,9-14,18H2,1H3,(H,29,30). The van der Waals surface area contributed by atoms with E-state index in [1.807, 2.05) is 66.4 Å². The molecule has 35 heavy (non-hydrogen) atoms. The lowest BCUT2D eigenvalue weighted by Crippen LogP contribution is -2.49. The molecule has 8 heteroatoms. The number of pyridine rings is 1. The van der Waals surface area contributed by atoms with Crippen molar-refractivity contribution in [1.29, 1.82) is 0 Å². The van der Waals surface area contributed by atoms with Crippen LogP contribution in [0.2, 0.25) is 0 Å². The molecule has 1 saturated heterocycles. The maximum atomic E-state index is 12.6. The minimum Gasteiger partial charge on any atom is -0.491 e. The summed E-state index contributed by atoms with van der Waals surface area (Å²) in [6.07, 6.45) is 1.67. The van der Waals surface area contributed by atoms with E-state index in [4.69, 9.17) is 4.74 Å². The number of imidazole rings is 1. The van der Waals surface area contributed by atoms with Crippen molar-refractivity contribution in [2.75, 3.05) is 39.3 Å². The molecule has 2 aromatic carbocycles. The van der Waals surface area contributed by atoms with Crippen molar-refractivity contribution in [3.63, 3.8) is 0 Å². The largest absolute Gasteiger partial charge is 0.491 e. The minimum atomic E-state index is -0.160. The summed E-state index contributed by atoms with van der Waals surface area (Å²) in [5, 5.41) is 9.93. The number of fused-ring (bicyclic) bond motifs is 1. The van der Waals surface area contributed by atoms with Crippen molar-refractivity contribution >= 4 is 16.9 Å². The number of rotatable bonds is 7. The number of hydrogen-bond acceptors (Lipinski definition) is 6. The number of hydrogen-bond donors (Lipinski definition) is 2. The molecule has 2 N–H and O–H groups in total. The molecule has 8 nitrogen and oxygen atoms in total. The second-order valence-corrected chi connectivity index (χ2v) is 8.79. The van der Waals surface area contributed by atoms with Gasteiger partial charge in [-0.2, -0.15) is 0 Å². The fourth-order valence-electron chi connectivity index (χ4n) is 4.36.